The second kappa shape index (κ2) is 3.45. The fraction of sp³-hybridized carbons (Fsp3) is 0. The molecule has 2 aromatic heterocycles. The largest absolute Gasteiger partial charge is 0.353 e. The van der Waals surface area contributed by atoms with Crippen molar-refractivity contribution in [1.82, 2.24) is 9.97 Å². The zero-order valence-corrected chi connectivity index (χ0v) is 9.83. The Balaban J connectivity index is 2.33. The summed E-state index contributed by atoms with van der Waals surface area (Å²) in [7, 11) is 0. The Morgan fingerprint density at radius 2 is 1.58 bits per heavy atom. The molecule has 4 aromatic rings. The zero-order valence-electron chi connectivity index (χ0n) is 9.83. The topological polar surface area (TPSA) is 48.6 Å². The summed E-state index contributed by atoms with van der Waals surface area (Å²) in [6.07, 6.45) is 0. The van der Waals surface area contributed by atoms with E-state index in [0.717, 1.165) is 16.4 Å². The van der Waals surface area contributed by atoms with Gasteiger partial charge in [-0.05, 0) is 24.3 Å². The maximum atomic E-state index is 13.3. The van der Waals surface area contributed by atoms with Crippen LogP contribution >= 0.6 is 0 Å². The van der Waals surface area contributed by atoms with Gasteiger partial charge in [0.05, 0.1) is 16.4 Å². The van der Waals surface area contributed by atoms with Crippen molar-refractivity contribution in [3.63, 3.8) is 0 Å². The van der Waals surface area contributed by atoms with Crippen LogP contribution in [0.15, 0.2) is 47.3 Å². The molecule has 2 N–H and O–H groups in total. The van der Waals surface area contributed by atoms with Gasteiger partial charge in [-0.15, -0.1) is 0 Å². The number of hydrogen-bond donors (Lipinski definition) is 2. The maximum absolute atomic E-state index is 13.3. The molecule has 0 aliphatic heterocycles. The zero-order chi connectivity index (χ0) is 13.0. The van der Waals surface area contributed by atoms with Crippen LogP contribution in [-0.2, 0) is 0 Å². The summed E-state index contributed by atoms with van der Waals surface area (Å²) < 4.78 is 13.3. The third-order valence-electron chi connectivity index (χ3n) is 3.42. The van der Waals surface area contributed by atoms with E-state index in [1.54, 1.807) is 6.07 Å². The third kappa shape index (κ3) is 1.34. The molecule has 0 saturated carbocycles. The van der Waals surface area contributed by atoms with Crippen molar-refractivity contribution in [3.05, 3.63) is 58.5 Å². The van der Waals surface area contributed by atoms with Gasteiger partial charge < -0.3 is 9.97 Å². The second-order valence-electron chi connectivity index (χ2n) is 4.56. The molecule has 0 fully saturated rings. The monoisotopic (exact) mass is 252 g/mol. The number of H-pyrrole nitrogens is 2. The third-order valence-corrected chi connectivity index (χ3v) is 3.42. The molecule has 92 valence electrons. The van der Waals surface area contributed by atoms with Crippen LogP contribution in [-0.4, -0.2) is 9.97 Å². The Hall–Kier alpha value is -2.62. The van der Waals surface area contributed by atoms with Gasteiger partial charge in [-0.1, -0.05) is 18.2 Å². The van der Waals surface area contributed by atoms with Crippen LogP contribution < -0.4 is 5.43 Å². The van der Waals surface area contributed by atoms with Crippen LogP contribution in [0.2, 0.25) is 0 Å². The summed E-state index contributed by atoms with van der Waals surface area (Å²) >= 11 is 0. The molecule has 0 aliphatic carbocycles. The van der Waals surface area contributed by atoms with E-state index in [2.05, 4.69) is 9.97 Å². The highest BCUT2D eigenvalue weighted by Gasteiger charge is 2.11. The number of hydrogen-bond acceptors (Lipinski definition) is 1. The van der Waals surface area contributed by atoms with Crippen LogP contribution in [0.3, 0.4) is 0 Å². The lowest BCUT2D eigenvalue weighted by atomic mass is 10.1. The normalized spacial score (nSPS) is 11.6. The first kappa shape index (κ1) is 10.3. The molecule has 4 heteroatoms. The Kier molecular flexibility index (Phi) is 1.87. The number of aromatic amines is 2. The minimum Gasteiger partial charge on any atom is -0.353 e. The van der Waals surface area contributed by atoms with Crippen molar-refractivity contribution in [3.8, 4) is 0 Å². The van der Waals surface area contributed by atoms with Crippen molar-refractivity contribution in [1.29, 1.82) is 0 Å². The number of fused-ring (bicyclic) bond motifs is 4. The number of halogens is 1. The Morgan fingerprint density at radius 3 is 2.47 bits per heavy atom. The average Bonchev–Trinajstić information content (AvgIpc) is 2.79. The molecule has 0 spiro atoms. The average molecular weight is 252 g/mol. The molecule has 0 atom stereocenters. The number of aromatic nitrogens is 2. The Labute approximate surface area is 106 Å². The molecule has 4 rings (SSSR count). The molecule has 3 nitrogen and oxygen atoms in total. The van der Waals surface area contributed by atoms with Gasteiger partial charge in [-0.2, -0.15) is 0 Å². The lowest BCUT2D eigenvalue weighted by Gasteiger charge is -1.99. The quantitative estimate of drug-likeness (QED) is 0.495. The maximum Gasteiger partial charge on any atom is 0.213 e. The van der Waals surface area contributed by atoms with Crippen LogP contribution in [0.4, 0.5) is 4.39 Å². The van der Waals surface area contributed by atoms with Crippen molar-refractivity contribution < 1.29 is 4.39 Å². The summed E-state index contributed by atoms with van der Waals surface area (Å²) in [5.74, 6) is -0.409. The van der Waals surface area contributed by atoms with Gasteiger partial charge in [-0.25, -0.2) is 4.39 Å². The van der Waals surface area contributed by atoms with Crippen LogP contribution in [0, 0.1) is 5.82 Å². The molecular weight excluding hydrogens is 243 g/mol. The van der Waals surface area contributed by atoms with Crippen molar-refractivity contribution in [2.45, 2.75) is 0 Å². The lowest BCUT2D eigenvalue weighted by Crippen LogP contribution is -2.04. The lowest BCUT2D eigenvalue weighted by molar-refractivity contribution is 0.629. The van der Waals surface area contributed by atoms with Crippen molar-refractivity contribution in [2.24, 2.45) is 0 Å². The summed E-state index contributed by atoms with van der Waals surface area (Å²) in [5, 5.41) is 1.32. The molecule has 0 amide bonds. The minimum atomic E-state index is -0.409. The summed E-state index contributed by atoms with van der Waals surface area (Å²) in [6.45, 7) is 0. The highest BCUT2D eigenvalue weighted by molar-refractivity contribution is 6.07. The molecule has 2 aromatic carbocycles. The van der Waals surface area contributed by atoms with Crippen LogP contribution in [0.25, 0.3) is 32.8 Å². The van der Waals surface area contributed by atoms with Gasteiger partial charge in [-0.3, -0.25) is 4.79 Å². The molecular formula is C15H9FN2O. The summed E-state index contributed by atoms with van der Waals surface area (Å²) in [4.78, 5) is 18.7. The predicted octanol–water partition coefficient (Wildman–Crippen LogP) is 3.30. The molecule has 2 heterocycles. The van der Waals surface area contributed by atoms with Gasteiger partial charge in [0.1, 0.15) is 11.3 Å². The van der Waals surface area contributed by atoms with E-state index in [1.807, 2.05) is 24.3 Å². The van der Waals surface area contributed by atoms with Gasteiger partial charge in [0.2, 0.25) is 5.43 Å². The highest BCUT2D eigenvalue weighted by Crippen LogP contribution is 2.23. The minimum absolute atomic E-state index is 0.181. The highest BCUT2D eigenvalue weighted by atomic mass is 19.1. The van der Waals surface area contributed by atoms with E-state index >= 15 is 0 Å². The summed E-state index contributed by atoms with van der Waals surface area (Å²) in [6, 6.07) is 11.9. The Bertz CT molecular complexity index is 997. The van der Waals surface area contributed by atoms with Gasteiger partial charge >= 0.3 is 0 Å². The number of benzene rings is 2. The molecule has 0 unspecified atom stereocenters. The van der Waals surface area contributed by atoms with E-state index in [1.165, 1.54) is 12.1 Å². The van der Waals surface area contributed by atoms with E-state index in [9.17, 15) is 9.18 Å². The fourth-order valence-corrected chi connectivity index (χ4v) is 2.52. The van der Waals surface area contributed by atoms with E-state index in [4.69, 9.17) is 0 Å². The molecule has 0 bridgehead atoms. The smallest absolute Gasteiger partial charge is 0.213 e. The Morgan fingerprint density at radius 1 is 0.842 bits per heavy atom. The first-order valence-electron chi connectivity index (χ1n) is 5.96. The van der Waals surface area contributed by atoms with Crippen molar-refractivity contribution in [2.75, 3.05) is 0 Å². The van der Waals surface area contributed by atoms with Gasteiger partial charge in [0, 0.05) is 10.9 Å². The molecule has 0 aliphatic rings. The SMILES string of the molecule is O=c1c2cc(F)ccc2[nH]c2c1[nH]c1ccccc12. The number of nitrogens with one attached hydrogen (secondary N) is 2. The molecule has 0 radical (unpaired) electrons. The van der Waals surface area contributed by atoms with E-state index in [-0.39, 0.29) is 5.43 Å². The van der Waals surface area contributed by atoms with Gasteiger partial charge in [0.15, 0.2) is 0 Å². The number of pyridine rings is 1. The van der Waals surface area contributed by atoms with Crippen molar-refractivity contribution >= 4 is 32.8 Å². The first-order chi connectivity index (χ1) is 9.24. The fourth-order valence-electron chi connectivity index (χ4n) is 2.52. The second-order valence-corrected chi connectivity index (χ2v) is 4.56. The molecule has 0 saturated heterocycles. The van der Waals surface area contributed by atoms with E-state index in [0.29, 0.717) is 16.4 Å². The number of para-hydroxylation sites is 1. The number of rotatable bonds is 0. The van der Waals surface area contributed by atoms with Gasteiger partial charge in [0.25, 0.3) is 0 Å². The van der Waals surface area contributed by atoms with E-state index < -0.39 is 5.82 Å². The van der Waals surface area contributed by atoms with Crippen LogP contribution in [0.1, 0.15) is 0 Å². The first-order valence-corrected chi connectivity index (χ1v) is 5.96. The standard InChI is InChI=1S/C15H9FN2O/c16-8-5-6-12-10(7-8)15(19)14-13(17-12)9-3-1-2-4-11(9)18-14/h1-7,18H,(H,17,19). The van der Waals surface area contributed by atoms with Crippen LogP contribution in [0.5, 0.6) is 0 Å². The summed E-state index contributed by atoms with van der Waals surface area (Å²) in [5.41, 5.74) is 2.60. The molecule has 19 heavy (non-hydrogen) atoms. The predicted molar refractivity (Wildman–Crippen MR) is 73.9 cm³/mol.